The van der Waals surface area contributed by atoms with Gasteiger partial charge in [-0.05, 0) is 31.5 Å². The molecule has 0 aliphatic heterocycles. The van der Waals surface area contributed by atoms with E-state index in [4.69, 9.17) is 27.9 Å². The Balaban J connectivity index is 1.83. The van der Waals surface area contributed by atoms with Gasteiger partial charge in [-0.15, -0.1) is 23.2 Å². The highest BCUT2D eigenvalue weighted by Crippen LogP contribution is 2.64. The predicted molar refractivity (Wildman–Crippen MR) is 82.0 cm³/mol. The molecule has 1 N–H and O–H groups in total. The highest BCUT2D eigenvalue weighted by molar-refractivity contribution is 7.22. The van der Waals surface area contributed by atoms with E-state index in [0.29, 0.717) is 11.6 Å². The van der Waals surface area contributed by atoms with Crippen molar-refractivity contribution in [1.29, 1.82) is 0 Å². The number of fused-ring (bicyclic) bond motifs is 1. The summed E-state index contributed by atoms with van der Waals surface area (Å²) in [4.78, 5) is 16.5. The summed E-state index contributed by atoms with van der Waals surface area (Å²) in [5, 5.41) is 3.32. The molecule has 20 heavy (non-hydrogen) atoms. The second-order valence-corrected chi connectivity index (χ2v) is 7.53. The third-order valence-corrected chi connectivity index (χ3v) is 5.61. The molecule has 1 atom stereocenters. The van der Waals surface area contributed by atoms with Crippen LogP contribution in [0, 0.1) is 5.41 Å². The number of nitrogens with zero attached hydrogens (tertiary/aromatic N) is 1. The number of methoxy groups -OCH3 is 1. The van der Waals surface area contributed by atoms with Crippen molar-refractivity contribution in [3.63, 3.8) is 0 Å². The molecule has 3 rings (SSSR count). The summed E-state index contributed by atoms with van der Waals surface area (Å²) >= 11 is 13.4. The van der Waals surface area contributed by atoms with Crippen LogP contribution in [0.4, 0.5) is 5.13 Å². The van der Waals surface area contributed by atoms with Crippen LogP contribution in [0.3, 0.4) is 0 Å². The summed E-state index contributed by atoms with van der Waals surface area (Å²) in [6.07, 6.45) is 0.452. The van der Waals surface area contributed by atoms with Crippen molar-refractivity contribution in [3.8, 4) is 5.75 Å². The highest BCUT2D eigenvalue weighted by Gasteiger charge is 2.68. The third-order valence-electron chi connectivity index (χ3n) is 3.58. The number of halogens is 2. The Kier molecular flexibility index (Phi) is 3.12. The van der Waals surface area contributed by atoms with Crippen LogP contribution in [0.2, 0.25) is 0 Å². The lowest BCUT2D eigenvalue weighted by Crippen LogP contribution is -2.25. The van der Waals surface area contributed by atoms with Crippen LogP contribution in [-0.4, -0.2) is 22.3 Å². The van der Waals surface area contributed by atoms with Crippen LogP contribution >= 0.6 is 34.5 Å². The predicted octanol–water partition coefficient (Wildman–Crippen LogP) is 3.83. The van der Waals surface area contributed by atoms with E-state index in [9.17, 15) is 4.79 Å². The van der Waals surface area contributed by atoms with Crippen LogP contribution < -0.4 is 10.1 Å². The Morgan fingerprint density at radius 3 is 2.80 bits per heavy atom. The van der Waals surface area contributed by atoms with Gasteiger partial charge in [0.25, 0.3) is 0 Å². The van der Waals surface area contributed by atoms with Crippen molar-refractivity contribution in [2.24, 2.45) is 5.41 Å². The molecule has 2 aromatic rings. The lowest BCUT2D eigenvalue weighted by Gasteiger charge is -2.10. The Morgan fingerprint density at radius 1 is 1.50 bits per heavy atom. The maximum Gasteiger partial charge on any atom is 0.235 e. The SMILES string of the molecule is COc1ccc2nc(NC(=O)C3(C)CC3(Cl)Cl)sc2c1. The number of alkyl halides is 2. The smallest absolute Gasteiger partial charge is 0.235 e. The number of carbonyl (C=O) groups is 1. The van der Waals surface area contributed by atoms with E-state index in [2.05, 4.69) is 10.3 Å². The number of nitrogens with one attached hydrogen (secondary N) is 1. The second-order valence-electron chi connectivity index (χ2n) is 5.02. The van der Waals surface area contributed by atoms with Gasteiger partial charge in [0.1, 0.15) is 10.1 Å². The number of rotatable bonds is 3. The minimum Gasteiger partial charge on any atom is -0.497 e. The third kappa shape index (κ3) is 2.14. The van der Waals surface area contributed by atoms with Crippen molar-refractivity contribution in [3.05, 3.63) is 18.2 Å². The quantitative estimate of drug-likeness (QED) is 0.870. The fraction of sp³-hybridized carbons (Fsp3) is 0.385. The molecule has 1 fully saturated rings. The molecule has 0 radical (unpaired) electrons. The average Bonchev–Trinajstić information content (AvgIpc) is 2.74. The van der Waals surface area contributed by atoms with Crippen molar-refractivity contribution in [2.45, 2.75) is 17.7 Å². The molecule has 0 saturated heterocycles. The van der Waals surface area contributed by atoms with Gasteiger partial charge in [0.2, 0.25) is 5.91 Å². The normalized spacial score (nSPS) is 23.6. The minimum absolute atomic E-state index is 0.200. The van der Waals surface area contributed by atoms with Crippen LogP contribution in [0.5, 0.6) is 5.75 Å². The number of aromatic nitrogens is 1. The molecule has 106 valence electrons. The summed E-state index contributed by atoms with van der Waals surface area (Å²) < 4.78 is 5.13. The standard InChI is InChI=1S/C13H12Cl2N2O2S/c1-12(6-13(12,14)15)10(18)17-11-16-8-4-3-7(19-2)5-9(8)20-11/h3-5H,6H2,1-2H3,(H,16,17,18). The Bertz CT molecular complexity index is 701. The van der Waals surface area contributed by atoms with E-state index < -0.39 is 9.75 Å². The Morgan fingerprint density at radius 2 is 2.20 bits per heavy atom. The molecule has 7 heteroatoms. The Hall–Kier alpha value is -1.04. The number of carbonyl (C=O) groups excluding carboxylic acids is 1. The van der Waals surface area contributed by atoms with Crippen molar-refractivity contribution < 1.29 is 9.53 Å². The number of ether oxygens (including phenoxy) is 1. The molecule has 4 nitrogen and oxygen atoms in total. The van der Waals surface area contributed by atoms with E-state index in [1.165, 1.54) is 11.3 Å². The number of benzene rings is 1. The lowest BCUT2D eigenvalue weighted by molar-refractivity contribution is -0.120. The van der Waals surface area contributed by atoms with Crippen LogP contribution in [0.25, 0.3) is 10.2 Å². The number of anilines is 1. The summed E-state index contributed by atoms with van der Waals surface area (Å²) in [5.41, 5.74) is 0.0705. The summed E-state index contributed by atoms with van der Waals surface area (Å²) in [6, 6.07) is 5.57. The fourth-order valence-corrected chi connectivity index (χ4v) is 3.56. The second kappa shape index (κ2) is 4.48. The zero-order valence-corrected chi connectivity index (χ0v) is 13.2. The van der Waals surface area contributed by atoms with Gasteiger partial charge in [0.05, 0.1) is 22.7 Å². The molecule has 1 aliphatic rings. The fourth-order valence-electron chi connectivity index (χ4n) is 1.97. The molecule has 1 aromatic heterocycles. The number of hydrogen-bond donors (Lipinski definition) is 1. The molecular weight excluding hydrogens is 319 g/mol. The van der Waals surface area contributed by atoms with Crippen molar-refractivity contribution >= 4 is 55.8 Å². The van der Waals surface area contributed by atoms with Gasteiger partial charge in [-0.2, -0.15) is 0 Å². The molecule has 0 bridgehead atoms. The molecule has 1 unspecified atom stereocenters. The summed E-state index contributed by atoms with van der Waals surface area (Å²) in [7, 11) is 1.61. The van der Waals surface area contributed by atoms with E-state index in [1.54, 1.807) is 14.0 Å². The van der Waals surface area contributed by atoms with Crippen LogP contribution in [0.15, 0.2) is 18.2 Å². The Labute approximate surface area is 130 Å². The van der Waals surface area contributed by atoms with Crippen molar-refractivity contribution in [2.75, 3.05) is 12.4 Å². The van der Waals surface area contributed by atoms with Gasteiger partial charge in [-0.3, -0.25) is 4.79 Å². The van der Waals surface area contributed by atoms with E-state index >= 15 is 0 Å². The molecule has 1 aromatic carbocycles. The van der Waals surface area contributed by atoms with Crippen molar-refractivity contribution in [1.82, 2.24) is 4.98 Å². The molecule has 1 heterocycles. The van der Waals surface area contributed by atoms with Gasteiger partial charge >= 0.3 is 0 Å². The van der Waals surface area contributed by atoms with Gasteiger partial charge in [-0.1, -0.05) is 11.3 Å². The average molecular weight is 331 g/mol. The molecule has 1 aliphatic carbocycles. The van der Waals surface area contributed by atoms with Crippen LogP contribution in [-0.2, 0) is 4.79 Å². The largest absolute Gasteiger partial charge is 0.497 e. The molecule has 1 saturated carbocycles. The topological polar surface area (TPSA) is 51.2 Å². The number of hydrogen-bond acceptors (Lipinski definition) is 4. The molecule has 0 spiro atoms. The molecular formula is C13H12Cl2N2O2S. The van der Waals surface area contributed by atoms with Gasteiger partial charge in [-0.25, -0.2) is 4.98 Å². The maximum atomic E-state index is 12.2. The van der Waals surface area contributed by atoms with E-state index in [1.807, 2.05) is 18.2 Å². The monoisotopic (exact) mass is 330 g/mol. The molecule has 1 amide bonds. The number of amides is 1. The van der Waals surface area contributed by atoms with E-state index in [-0.39, 0.29) is 5.91 Å². The first-order valence-electron chi connectivity index (χ1n) is 6.00. The highest BCUT2D eigenvalue weighted by atomic mass is 35.5. The first-order valence-corrected chi connectivity index (χ1v) is 7.57. The van der Waals surface area contributed by atoms with Gasteiger partial charge in [0, 0.05) is 0 Å². The number of thiazole rings is 1. The van der Waals surface area contributed by atoms with Crippen LogP contribution in [0.1, 0.15) is 13.3 Å². The van der Waals surface area contributed by atoms with E-state index in [0.717, 1.165) is 16.0 Å². The maximum absolute atomic E-state index is 12.2. The first-order chi connectivity index (χ1) is 9.35. The summed E-state index contributed by atoms with van der Waals surface area (Å²) in [5.74, 6) is 0.558. The van der Waals surface area contributed by atoms with Gasteiger partial charge < -0.3 is 10.1 Å². The van der Waals surface area contributed by atoms with Gasteiger partial charge in [0.15, 0.2) is 5.13 Å². The zero-order valence-electron chi connectivity index (χ0n) is 10.9. The minimum atomic E-state index is -0.975. The zero-order chi connectivity index (χ0) is 14.5. The lowest BCUT2D eigenvalue weighted by atomic mass is 10.1. The summed E-state index contributed by atoms with van der Waals surface area (Å²) in [6.45, 7) is 1.75. The first kappa shape index (κ1) is 13.9.